The van der Waals surface area contributed by atoms with E-state index in [0.717, 1.165) is 22.8 Å². The summed E-state index contributed by atoms with van der Waals surface area (Å²) < 4.78 is 17.6. The Bertz CT molecular complexity index is 1220. The summed E-state index contributed by atoms with van der Waals surface area (Å²) in [7, 11) is 0. The number of nitrogens with zero attached hydrogens (tertiary/aromatic N) is 1. The molecule has 8 nitrogen and oxygen atoms in total. The molecule has 1 saturated carbocycles. The fraction of sp³-hybridized carbons (Fsp3) is 0.581. The van der Waals surface area contributed by atoms with Crippen molar-refractivity contribution in [2.24, 2.45) is 5.92 Å². The highest BCUT2D eigenvalue weighted by Gasteiger charge is 2.62. The minimum absolute atomic E-state index is 0.00825. The van der Waals surface area contributed by atoms with Crippen LogP contribution in [0.1, 0.15) is 73.3 Å². The Morgan fingerprint density at radius 3 is 2.28 bits per heavy atom. The van der Waals surface area contributed by atoms with Gasteiger partial charge in [-0.1, -0.05) is 55.8 Å². The lowest BCUT2D eigenvalue weighted by Gasteiger charge is -2.30. The normalized spacial score (nSPS) is 24.9. The van der Waals surface area contributed by atoms with Crippen molar-refractivity contribution in [3.05, 3.63) is 48.0 Å². The molecule has 1 aliphatic heterocycles. The molecule has 8 heteroatoms. The van der Waals surface area contributed by atoms with Crippen LogP contribution < -0.4 is 5.32 Å². The summed E-state index contributed by atoms with van der Waals surface area (Å²) in [6.45, 7) is 13.3. The number of likely N-dealkylation sites (tertiary alicyclic amines) is 1. The van der Waals surface area contributed by atoms with Crippen LogP contribution in [0.25, 0.3) is 10.8 Å². The summed E-state index contributed by atoms with van der Waals surface area (Å²) in [5, 5.41) is 5.21. The molecule has 39 heavy (non-hydrogen) atoms. The molecule has 2 amide bonds. The summed E-state index contributed by atoms with van der Waals surface area (Å²) in [6, 6.07) is 13.4. The first-order valence-corrected chi connectivity index (χ1v) is 13.9. The number of hydrogen-bond acceptors (Lipinski definition) is 6. The van der Waals surface area contributed by atoms with Gasteiger partial charge in [-0.2, -0.15) is 0 Å². The number of amides is 2. The van der Waals surface area contributed by atoms with E-state index in [1.807, 2.05) is 52.0 Å². The Morgan fingerprint density at radius 2 is 1.64 bits per heavy atom. The summed E-state index contributed by atoms with van der Waals surface area (Å²) in [4.78, 5) is 41.4. The van der Waals surface area contributed by atoms with Crippen molar-refractivity contribution in [3.8, 4) is 0 Å². The Kier molecular flexibility index (Phi) is 7.99. The Hall–Kier alpha value is -3.13. The van der Waals surface area contributed by atoms with Crippen molar-refractivity contribution in [1.29, 1.82) is 0 Å². The largest absolute Gasteiger partial charge is 0.458 e. The minimum atomic E-state index is -1.07. The van der Waals surface area contributed by atoms with Gasteiger partial charge in [0.1, 0.15) is 22.8 Å². The second kappa shape index (κ2) is 10.8. The number of rotatable bonds is 7. The van der Waals surface area contributed by atoms with Gasteiger partial charge < -0.3 is 19.5 Å². The number of benzene rings is 2. The average molecular weight is 539 g/mol. The number of nitrogens with one attached hydrogen (secondary N) is 1. The zero-order chi connectivity index (χ0) is 28.6. The van der Waals surface area contributed by atoms with Crippen LogP contribution in [0.4, 0.5) is 4.79 Å². The predicted octanol–water partition coefficient (Wildman–Crippen LogP) is 5.36. The van der Waals surface area contributed by atoms with Crippen molar-refractivity contribution in [3.63, 3.8) is 0 Å². The van der Waals surface area contributed by atoms with Gasteiger partial charge in [0, 0.05) is 6.42 Å². The molecule has 2 aromatic carbocycles. The maximum Gasteiger partial charge on any atom is 0.411 e. The third-order valence-electron chi connectivity index (χ3n) is 7.26. The van der Waals surface area contributed by atoms with Crippen LogP contribution in [-0.4, -0.2) is 58.3 Å². The van der Waals surface area contributed by atoms with Gasteiger partial charge in [-0.3, -0.25) is 9.69 Å². The number of esters is 1. The highest BCUT2D eigenvalue weighted by molar-refractivity contribution is 5.94. The molecule has 0 aromatic heterocycles. The number of ether oxygens (including phenoxy) is 3. The van der Waals surface area contributed by atoms with Crippen LogP contribution in [0, 0.1) is 5.92 Å². The summed E-state index contributed by atoms with van der Waals surface area (Å²) in [5.41, 5.74) is -1.42. The predicted molar refractivity (Wildman–Crippen MR) is 149 cm³/mol. The molecule has 1 N–H and O–H groups in total. The molecule has 1 heterocycles. The fourth-order valence-corrected chi connectivity index (χ4v) is 5.26. The number of fused-ring (bicyclic) bond motifs is 1. The zero-order valence-electron chi connectivity index (χ0n) is 24.2. The molecule has 2 aliphatic rings. The third kappa shape index (κ3) is 6.72. The molecule has 1 aliphatic carbocycles. The maximum atomic E-state index is 13.7. The molecule has 2 fully saturated rings. The van der Waals surface area contributed by atoms with Crippen LogP contribution in [-0.2, 0) is 30.4 Å². The minimum Gasteiger partial charge on any atom is -0.458 e. The van der Waals surface area contributed by atoms with Gasteiger partial charge in [0.25, 0.3) is 0 Å². The topological polar surface area (TPSA) is 94.2 Å². The smallest absolute Gasteiger partial charge is 0.411 e. The lowest BCUT2D eigenvalue weighted by Crippen LogP contribution is -2.54. The van der Waals surface area contributed by atoms with Crippen molar-refractivity contribution >= 4 is 28.7 Å². The van der Waals surface area contributed by atoms with Crippen LogP contribution >= 0.6 is 0 Å². The van der Waals surface area contributed by atoms with E-state index in [4.69, 9.17) is 14.2 Å². The quantitative estimate of drug-likeness (QED) is 0.477. The molecular weight excluding hydrogens is 496 g/mol. The zero-order valence-corrected chi connectivity index (χ0v) is 24.2. The van der Waals surface area contributed by atoms with Crippen molar-refractivity contribution in [2.45, 2.75) is 103 Å². The highest BCUT2D eigenvalue weighted by Crippen LogP contribution is 2.47. The van der Waals surface area contributed by atoms with E-state index in [1.165, 1.54) is 4.90 Å². The Balaban J connectivity index is 1.51. The van der Waals surface area contributed by atoms with E-state index in [2.05, 4.69) is 23.5 Å². The van der Waals surface area contributed by atoms with E-state index in [-0.39, 0.29) is 24.5 Å². The summed E-state index contributed by atoms with van der Waals surface area (Å²) in [5.74, 6) is -0.828. The fourth-order valence-electron chi connectivity index (χ4n) is 5.26. The number of carbonyl (C=O) groups is 3. The average Bonchev–Trinajstić information content (AvgIpc) is 3.38. The molecular formula is C31H42N2O6. The Morgan fingerprint density at radius 1 is 0.974 bits per heavy atom. The monoisotopic (exact) mass is 538 g/mol. The molecule has 2 aromatic rings. The molecule has 0 radical (unpaired) electrons. The van der Waals surface area contributed by atoms with Crippen LogP contribution in [0.5, 0.6) is 0 Å². The van der Waals surface area contributed by atoms with E-state index in [1.54, 1.807) is 20.8 Å². The van der Waals surface area contributed by atoms with Gasteiger partial charge >= 0.3 is 12.1 Å². The van der Waals surface area contributed by atoms with Gasteiger partial charge in [-0.25, -0.2) is 9.59 Å². The van der Waals surface area contributed by atoms with E-state index in [9.17, 15) is 14.4 Å². The van der Waals surface area contributed by atoms with Gasteiger partial charge in [0.2, 0.25) is 5.91 Å². The lowest BCUT2D eigenvalue weighted by atomic mass is 10.1. The van der Waals surface area contributed by atoms with Crippen LogP contribution in [0.3, 0.4) is 0 Å². The van der Waals surface area contributed by atoms with Crippen molar-refractivity contribution in [2.75, 3.05) is 6.54 Å². The molecule has 4 atom stereocenters. The molecule has 1 unspecified atom stereocenters. The lowest BCUT2D eigenvalue weighted by molar-refractivity contribution is -0.161. The van der Waals surface area contributed by atoms with Crippen LogP contribution in [0.15, 0.2) is 42.5 Å². The first-order chi connectivity index (χ1) is 18.2. The van der Waals surface area contributed by atoms with E-state index in [0.29, 0.717) is 19.4 Å². The SMILES string of the molecule is CC[C@H]1C[C@]1(NC(=O)C1C[C@@H](OCc2cccc3ccccc23)CN1C(=O)OC(C)(C)C)C(=O)OC(C)(C)C. The molecule has 1 saturated heterocycles. The molecule has 212 valence electrons. The standard InChI is InChI=1S/C31H42N2O6/c1-8-22-17-31(22,27(35)38-29(2,3)4)32-26(34)25-16-23(18-33(25)28(36)39-30(5,6)7)37-19-21-14-11-13-20-12-9-10-15-24(20)21/h9-15,22-23,25H,8,16-19H2,1-7H3,(H,32,34)/t22-,23+,25?,31+/m0/s1. The third-order valence-corrected chi connectivity index (χ3v) is 7.26. The highest BCUT2D eigenvalue weighted by atomic mass is 16.6. The molecule has 0 spiro atoms. The van der Waals surface area contributed by atoms with Crippen molar-refractivity contribution in [1.82, 2.24) is 10.2 Å². The molecule has 0 bridgehead atoms. The van der Waals surface area contributed by atoms with Gasteiger partial charge in [0.15, 0.2) is 0 Å². The first kappa shape index (κ1) is 28.9. The van der Waals surface area contributed by atoms with Gasteiger partial charge in [-0.15, -0.1) is 0 Å². The second-order valence-corrected chi connectivity index (χ2v) is 12.7. The maximum absolute atomic E-state index is 13.7. The summed E-state index contributed by atoms with van der Waals surface area (Å²) >= 11 is 0. The first-order valence-electron chi connectivity index (χ1n) is 13.9. The van der Waals surface area contributed by atoms with Crippen molar-refractivity contribution < 1.29 is 28.6 Å². The number of carbonyl (C=O) groups excluding carboxylic acids is 3. The van der Waals surface area contributed by atoms with Gasteiger partial charge in [-0.05, 0) is 70.2 Å². The van der Waals surface area contributed by atoms with Gasteiger partial charge in [0.05, 0.1) is 19.3 Å². The second-order valence-electron chi connectivity index (χ2n) is 12.7. The van der Waals surface area contributed by atoms with Crippen LogP contribution in [0.2, 0.25) is 0 Å². The van der Waals surface area contributed by atoms with E-state index >= 15 is 0 Å². The molecule has 4 rings (SSSR count). The van der Waals surface area contributed by atoms with E-state index < -0.39 is 34.8 Å². The summed E-state index contributed by atoms with van der Waals surface area (Å²) in [6.07, 6.45) is 0.608. The Labute approximate surface area is 231 Å². The number of hydrogen-bond donors (Lipinski definition) is 1.